The monoisotopic (exact) mass is 286 g/mol. The van der Waals surface area contributed by atoms with E-state index in [2.05, 4.69) is 23.3 Å². The average Bonchev–Trinajstić information content (AvgIpc) is 2.52. The van der Waals surface area contributed by atoms with Crippen molar-refractivity contribution in [2.24, 2.45) is 0 Å². The summed E-state index contributed by atoms with van der Waals surface area (Å²) >= 11 is 0. The minimum absolute atomic E-state index is 0.0187. The van der Waals surface area contributed by atoms with Gasteiger partial charge in [0.15, 0.2) is 0 Å². The number of methoxy groups -OCH3 is 2. The van der Waals surface area contributed by atoms with Crippen LogP contribution in [-0.2, 0) is 0 Å². The third-order valence-electron chi connectivity index (χ3n) is 3.52. The lowest BCUT2D eigenvalue weighted by atomic mass is 9.95. The highest BCUT2D eigenvalue weighted by Gasteiger charge is 2.23. The Morgan fingerprint density at radius 2 is 1.76 bits per heavy atom. The van der Waals surface area contributed by atoms with E-state index in [1.54, 1.807) is 20.4 Å². The minimum Gasteiger partial charge on any atom is -0.496 e. The lowest BCUT2D eigenvalue weighted by molar-refractivity contribution is 0.377. The quantitative estimate of drug-likeness (QED) is 0.886. The third-order valence-corrected chi connectivity index (χ3v) is 3.52. The van der Waals surface area contributed by atoms with E-state index in [0.29, 0.717) is 0 Å². The van der Waals surface area contributed by atoms with Gasteiger partial charge in [0.25, 0.3) is 0 Å². The summed E-state index contributed by atoms with van der Waals surface area (Å²) in [5, 5.41) is 3.51. The molecule has 0 radical (unpaired) electrons. The van der Waals surface area contributed by atoms with E-state index in [0.717, 1.165) is 34.9 Å². The summed E-state index contributed by atoms with van der Waals surface area (Å²) in [6.45, 7) is 4.93. The summed E-state index contributed by atoms with van der Waals surface area (Å²) in [4.78, 5) is 4.40. The molecule has 1 unspecified atom stereocenters. The number of rotatable bonds is 6. The first-order valence-electron chi connectivity index (χ1n) is 7.08. The number of pyridine rings is 1. The maximum Gasteiger partial charge on any atom is 0.127 e. The van der Waals surface area contributed by atoms with Crippen LogP contribution >= 0.6 is 0 Å². The molecule has 0 amide bonds. The highest BCUT2D eigenvalue weighted by molar-refractivity contribution is 5.51. The predicted molar refractivity (Wildman–Crippen MR) is 84.0 cm³/mol. The van der Waals surface area contributed by atoms with Crippen molar-refractivity contribution in [1.82, 2.24) is 10.3 Å². The van der Waals surface area contributed by atoms with Crippen LogP contribution in [0.2, 0.25) is 0 Å². The summed E-state index contributed by atoms with van der Waals surface area (Å²) in [6.07, 6.45) is 1.81. The first-order chi connectivity index (χ1) is 10.2. The summed E-state index contributed by atoms with van der Waals surface area (Å²) in [7, 11) is 3.36. The number of aromatic nitrogens is 1. The van der Waals surface area contributed by atoms with Crippen LogP contribution in [-0.4, -0.2) is 25.7 Å². The van der Waals surface area contributed by atoms with Gasteiger partial charge in [-0.3, -0.25) is 4.98 Å². The van der Waals surface area contributed by atoms with Gasteiger partial charge in [0.1, 0.15) is 11.5 Å². The second kappa shape index (κ2) is 7.09. The van der Waals surface area contributed by atoms with Crippen LogP contribution in [0.25, 0.3) is 0 Å². The van der Waals surface area contributed by atoms with Gasteiger partial charge in [0, 0.05) is 11.9 Å². The van der Waals surface area contributed by atoms with Crippen LogP contribution in [0.3, 0.4) is 0 Å². The molecule has 0 saturated heterocycles. The van der Waals surface area contributed by atoms with Gasteiger partial charge in [0.05, 0.1) is 25.8 Å². The first kappa shape index (κ1) is 15.3. The van der Waals surface area contributed by atoms with Crippen LogP contribution in [0.15, 0.2) is 36.5 Å². The molecule has 0 aliphatic carbocycles. The Kier molecular flexibility index (Phi) is 5.17. The van der Waals surface area contributed by atoms with E-state index in [9.17, 15) is 0 Å². The van der Waals surface area contributed by atoms with Crippen molar-refractivity contribution in [2.45, 2.75) is 19.9 Å². The van der Waals surface area contributed by atoms with E-state index in [4.69, 9.17) is 9.47 Å². The standard InChI is InChI=1S/C17H22N2O2/c1-5-18-17(13-8-7-11-19-12(13)2)16-14(20-3)9-6-10-15(16)21-4/h6-11,17-18H,5H2,1-4H3. The molecule has 0 spiro atoms. The molecule has 1 aromatic heterocycles. The number of hydrogen-bond acceptors (Lipinski definition) is 4. The van der Waals surface area contributed by atoms with E-state index >= 15 is 0 Å². The minimum atomic E-state index is -0.0187. The van der Waals surface area contributed by atoms with E-state index < -0.39 is 0 Å². The van der Waals surface area contributed by atoms with Crippen molar-refractivity contribution >= 4 is 0 Å². The summed E-state index contributed by atoms with van der Waals surface area (Å²) in [6, 6.07) is 9.85. The smallest absolute Gasteiger partial charge is 0.127 e. The SMILES string of the molecule is CCNC(c1cccnc1C)c1c(OC)cccc1OC. The van der Waals surface area contributed by atoms with Gasteiger partial charge >= 0.3 is 0 Å². The Morgan fingerprint density at radius 1 is 1.10 bits per heavy atom. The lowest BCUT2D eigenvalue weighted by Gasteiger charge is -2.24. The van der Waals surface area contributed by atoms with Crippen LogP contribution in [0.4, 0.5) is 0 Å². The van der Waals surface area contributed by atoms with Crippen molar-refractivity contribution in [2.75, 3.05) is 20.8 Å². The molecule has 1 aromatic carbocycles. The Bertz CT molecular complexity index is 577. The third kappa shape index (κ3) is 3.16. The summed E-state index contributed by atoms with van der Waals surface area (Å²) < 4.78 is 11.1. The molecule has 112 valence electrons. The van der Waals surface area contributed by atoms with E-state index in [1.165, 1.54) is 0 Å². The molecule has 2 aromatic rings. The van der Waals surface area contributed by atoms with Crippen molar-refractivity contribution in [3.05, 3.63) is 53.3 Å². The van der Waals surface area contributed by atoms with Gasteiger partial charge in [-0.2, -0.15) is 0 Å². The number of nitrogens with one attached hydrogen (secondary N) is 1. The Hall–Kier alpha value is -2.07. The molecule has 0 fully saturated rings. The van der Waals surface area contributed by atoms with Gasteiger partial charge in [0.2, 0.25) is 0 Å². The normalized spacial score (nSPS) is 12.0. The van der Waals surface area contributed by atoms with Crippen molar-refractivity contribution in [3.8, 4) is 11.5 Å². The molecule has 2 rings (SSSR count). The molecule has 0 aliphatic heterocycles. The molecular formula is C17H22N2O2. The highest BCUT2D eigenvalue weighted by Crippen LogP contribution is 2.37. The van der Waals surface area contributed by atoms with Crippen molar-refractivity contribution < 1.29 is 9.47 Å². The molecule has 0 saturated carbocycles. The van der Waals surface area contributed by atoms with Crippen LogP contribution in [0, 0.1) is 6.92 Å². The second-order valence-corrected chi connectivity index (χ2v) is 4.74. The zero-order valence-electron chi connectivity index (χ0n) is 13.0. The summed E-state index contributed by atoms with van der Waals surface area (Å²) in [5.74, 6) is 1.62. The fraction of sp³-hybridized carbons (Fsp3) is 0.353. The number of ether oxygens (including phenoxy) is 2. The van der Waals surface area contributed by atoms with Gasteiger partial charge < -0.3 is 14.8 Å². The summed E-state index contributed by atoms with van der Waals surface area (Å²) in [5.41, 5.74) is 3.12. The van der Waals surface area contributed by atoms with Gasteiger partial charge in [-0.25, -0.2) is 0 Å². The fourth-order valence-electron chi connectivity index (χ4n) is 2.54. The van der Waals surface area contributed by atoms with Gasteiger partial charge in [-0.05, 0) is 37.2 Å². The van der Waals surface area contributed by atoms with E-state index in [1.807, 2.05) is 31.2 Å². The maximum atomic E-state index is 5.54. The molecule has 21 heavy (non-hydrogen) atoms. The zero-order chi connectivity index (χ0) is 15.2. The largest absolute Gasteiger partial charge is 0.496 e. The molecule has 4 heteroatoms. The second-order valence-electron chi connectivity index (χ2n) is 4.74. The number of nitrogens with zero attached hydrogens (tertiary/aromatic N) is 1. The van der Waals surface area contributed by atoms with Crippen LogP contribution < -0.4 is 14.8 Å². The number of hydrogen-bond donors (Lipinski definition) is 1. The first-order valence-corrected chi connectivity index (χ1v) is 7.08. The lowest BCUT2D eigenvalue weighted by Crippen LogP contribution is -2.24. The predicted octanol–water partition coefficient (Wildman–Crippen LogP) is 3.11. The van der Waals surface area contributed by atoms with E-state index in [-0.39, 0.29) is 6.04 Å². The zero-order valence-corrected chi connectivity index (χ0v) is 13.0. The van der Waals surface area contributed by atoms with Crippen molar-refractivity contribution in [1.29, 1.82) is 0 Å². The Morgan fingerprint density at radius 3 is 2.29 bits per heavy atom. The topological polar surface area (TPSA) is 43.4 Å². The van der Waals surface area contributed by atoms with Gasteiger partial charge in [-0.15, -0.1) is 0 Å². The fourth-order valence-corrected chi connectivity index (χ4v) is 2.54. The molecular weight excluding hydrogens is 264 g/mol. The Balaban J connectivity index is 2.61. The highest BCUT2D eigenvalue weighted by atomic mass is 16.5. The van der Waals surface area contributed by atoms with Crippen molar-refractivity contribution in [3.63, 3.8) is 0 Å². The maximum absolute atomic E-state index is 5.54. The molecule has 0 bridgehead atoms. The number of aryl methyl sites for hydroxylation is 1. The van der Waals surface area contributed by atoms with Crippen LogP contribution in [0.5, 0.6) is 11.5 Å². The van der Waals surface area contributed by atoms with Crippen LogP contribution in [0.1, 0.15) is 29.8 Å². The number of benzene rings is 1. The average molecular weight is 286 g/mol. The molecule has 1 N–H and O–H groups in total. The molecule has 4 nitrogen and oxygen atoms in total. The Labute approximate surface area is 126 Å². The molecule has 1 heterocycles. The molecule has 1 atom stereocenters. The molecule has 0 aliphatic rings. The van der Waals surface area contributed by atoms with Gasteiger partial charge in [-0.1, -0.05) is 19.1 Å².